The summed E-state index contributed by atoms with van der Waals surface area (Å²) in [6.07, 6.45) is 5.76. The van der Waals surface area contributed by atoms with Gasteiger partial charge in [0.2, 0.25) is 0 Å². The first kappa shape index (κ1) is 18.7. The van der Waals surface area contributed by atoms with Gasteiger partial charge in [-0.2, -0.15) is 8.42 Å². The molecule has 6 nitrogen and oxygen atoms in total. The van der Waals surface area contributed by atoms with Gasteiger partial charge in [-0.25, -0.2) is 0 Å². The van der Waals surface area contributed by atoms with Crippen LogP contribution in [-0.2, 0) is 21.3 Å². The van der Waals surface area contributed by atoms with Gasteiger partial charge in [-0.05, 0) is 36.5 Å². The molecule has 0 unspecified atom stereocenters. The SMILES string of the molecule is C[C@H](C(=O)O)c1ccc(CC2CCCC2)c(NCCS(=O)(=O)O)c1. The van der Waals surface area contributed by atoms with Crippen molar-refractivity contribution in [2.75, 3.05) is 17.6 Å². The standard InChI is InChI=1S/C17H25NO5S/c1-12(17(19)20)14-6-7-15(10-13-4-2-3-5-13)16(11-14)18-8-9-24(21,22)23/h6-7,11-13,18H,2-5,8-10H2,1H3,(H,19,20)(H,21,22,23)/t12-/m0/s1. The Morgan fingerprint density at radius 2 is 2.00 bits per heavy atom. The van der Waals surface area contributed by atoms with Gasteiger partial charge in [0.25, 0.3) is 10.1 Å². The Morgan fingerprint density at radius 1 is 1.33 bits per heavy atom. The van der Waals surface area contributed by atoms with Crippen molar-refractivity contribution in [3.8, 4) is 0 Å². The van der Waals surface area contributed by atoms with Crippen LogP contribution in [0.5, 0.6) is 0 Å². The minimum atomic E-state index is -4.03. The number of hydrogen-bond donors (Lipinski definition) is 3. The highest BCUT2D eigenvalue weighted by atomic mass is 32.2. The zero-order chi connectivity index (χ0) is 17.7. The Kier molecular flexibility index (Phi) is 6.23. The molecule has 1 aliphatic carbocycles. The number of nitrogens with one attached hydrogen (secondary N) is 1. The topological polar surface area (TPSA) is 104 Å². The van der Waals surface area contributed by atoms with E-state index in [0.717, 1.165) is 17.7 Å². The normalized spacial score (nSPS) is 16.9. The second-order valence-corrected chi connectivity index (χ2v) is 8.12. The Morgan fingerprint density at radius 3 is 2.58 bits per heavy atom. The van der Waals surface area contributed by atoms with E-state index >= 15 is 0 Å². The number of carbonyl (C=O) groups is 1. The third-order valence-corrected chi connectivity index (χ3v) is 5.38. The van der Waals surface area contributed by atoms with E-state index in [4.69, 9.17) is 4.55 Å². The van der Waals surface area contributed by atoms with Gasteiger partial charge in [-0.3, -0.25) is 9.35 Å². The largest absolute Gasteiger partial charge is 0.481 e. The monoisotopic (exact) mass is 355 g/mol. The van der Waals surface area contributed by atoms with Gasteiger partial charge >= 0.3 is 5.97 Å². The molecule has 24 heavy (non-hydrogen) atoms. The molecule has 1 fully saturated rings. The molecule has 0 saturated heterocycles. The molecule has 1 aliphatic rings. The first-order valence-electron chi connectivity index (χ1n) is 8.31. The Hall–Kier alpha value is -1.60. The van der Waals surface area contributed by atoms with Crippen LogP contribution < -0.4 is 5.32 Å². The Labute approximate surface area is 143 Å². The average Bonchev–Trinajstić information content (AvgIpc) is 2.99. The second-order valence-electron chi connectivity index (χ2n) is 6.54. The number of benzene rings is 1. The predicted octanol–water partition coefficient (Wildman–Crippen LogP) is 2.91. The first-order chi connectivity index (χ1) is 11.3. The fraction of sp³-hybridized carbons (Fsp3) is 0.588. The van der Waals surface area contributed by atoms with E-state index < -0.39 is 22.0 Å². The zero-order valence-electron chi connectivity index (χ0n) is 13.9. The van der Waals surface area contributed by atoms with Crippen molar-refractivity contribution in [2.45, 2.75) is 44.9 Å². The molecular weight excluding hydrogens is 330 g/mol. The lowest BCUT2D eigenvalue weighted by molar-refractivity contribution is -0.138. The fourth-order valence-electron chi connectivity index (χ4n) is 3.19. The van der Waals surface area contributed by atoms with Gasteiger partial charge in [0.05, 0.1) is 11.7 Å². The number of rotatable bonds is 8. The summed E-state index contributed by atoms with van der Waals surface area (Å²) < 4.78 is 30.6. The third kappa shape index (κ3) is 5.49. The molecule has 0 spiro atoms. The summed E-state index contributed by atoms with van der Waals surface area (Å²) in [6.45, 7) is 1.71. The number of carboxylic acids is 1. The summed E-state index contributed by atoms with van der Waals surface area (Å²) in [5, 5.41) is 12.2. The van der Waals surface area contributed by atoms with Crippen LogP contribution in [0.2, 0.25) is 0 Å². The first-order valence-corrected chi connectivity index (χ1v) is 9.92. The van der Waals surface area contributed by atoms with Crippen molar-refractivity contribution in [3.05, 3.63) is 29.3 Å². The van der Waals surface area contributed by atoms with Crippen molar-refractivity contribution in [2.24, 2.45) is 5.92 Å². The maximum Gasteiger partial charge on any atom is 0.310 e. The molecule has 0 bridgehead atoms. The van der Waals surface area contributed by atoms with Gasteiger partial charge in [0.15, 0.2) is 0 Å². The molecule has 0 radical (unpaired) electrons. The molecule has 1 aromatic rings. The molecule has 0 heterocycles. The van der Waals surface area contributed by atoms with Gasteiger partial charge in [0.1, 0.15) is 0 Å². The number of carboxylic acid groups (broad SMARTS) is 1. The molecule has 0 aliphatic heterocycles. The highest BCUT2D eigenvalue weighted by molar-refractivity contribution is 7.85. The fourth-order valence-corrected chi connectivity index (χ4v) is 3.55. The Balaban J connectivity index is 2.18. The molecule has 0 amide bonds. The zero-order valence-corrected chi connectivity index (χ0v) is 14.7. The molecular formula is C17H25NO5S. The van der Waals surface area contributed by atoms with Crippen LogP contribution in [0.1, 0.15) is 49.7 Å². The van der Waals surface area contributed by atoms with Crippen molar-refractivity contribution in [1.82, 2.24) is 0 Å². The number of anilines is 1. The summed E-state index contributed by atoms with van der Waals surface area (Å²) >= 11 is 0. The van der Waals surface area contributed by atoms with Crippen LogP contribution in [0.3, 0.4) is 0 Å². The van der Waals surface area contributed by atoms with E-state index in [1.54, 1.807) is 13.0 Å². The smallest absolute Gasteiger partial charge is 0.310 e. The van der Waals surface area contributed by atoms with E-state index in [1.807, 2.05) is 12.1 Å². The van der Waals surface area contributed by atoms with Crippen LogP contribution in [0.25, 0.3) is 0 Å². The Bertz CT molecular complexity index is 680. The minimum absolute atomic E-state index is 0.0847. The van der Waals surface area contributed by atoms with Gasteiger partial charge in [0, 0.05) is 12.2 Å². The van der Waals surface area contributed by atoms with Crippen molar-refractivity contribution < 1.29 is 22.9 Å². The maximum atomic E-state index is 11.2. The quantitative estimate of drug-likeness (QED) is 0.620. The van der Waals surface area contributed by atoms with Crippen molar-refractivity contribution >= 4 is 21.8 Å². The van der Waals surface area contributed by atoms with Gasteiger partial charge < -0.3 is 10.4 Å². The summed E-state index contributed by atoms with van der Waals surface area (Å²) in [7, 11) is -4.03. The van der Waals surface area contributed by atoms with E-state index in [1.165, 1.54) is 25.7 Å². The molecule has 3 N–H and O–H groups in total. The van der Waals surface area contributed by atoms with Crippen molar-refractivity contribution in [1.29, 1.82) is 0 Å². The second kappa shape index (κ2) is 7.98. The summed E-state index contributed by atoms with van der Waals surface area (Å²) in [4.78, 5) is 11.2. The van der Waals surface area contributed by atoms with Crippen molar-refractivity contribution in [3.63, 3.8) is 0 Å². The van der Waals surface area contributed by atoms with Crippen LogP contribution in [0.15, 0.2) is 18.2 Å². The van der Waals surface area contributed by atoms with Crippen LogP contribution >= 0.6 is 0 Å². The van der Waals surface area contributed by atoms with Gasteiger partial charge in [-0.15, -0.1) is 0 Å². The average molecular weight is 355 g/mol. The molecule has 0 aromatic heterocycles. The predicted molar refractivity (Wildman–Crippen MR) is 93.1 cm³/mol. The lowest BCUT2D eigenvalue weighted by Crippen LogP contribution is -2.16. The highest BCUT2D eigenvalue weighted by Crippen LogP contribution is 2.32. The van der Waals surface area contributed by atoms with Crippen LogP contribution in [-0.4, -0.2) is 36.3 Å². The number of hydrogen-bond acceptors (Lipinski definition) is 4. The van der Waals surface area contributed by atoms with E-state index in [9.17, 15) is 18.3 Å². The maximum absolute atomic E-state index is 11.2. The van der Waals surface area contributed by atoms with Crippen LogP contribution in [0, 0.1) is 5.92 Å². The number of aliphatic carboxylic acids is 1. The summed E-state index contributed by atoms with van der Waals surface area (Å²) in [5.74, 6) is -1.29. The molecule has 1 saturated carbocycles. The van der Waals surface area contributed by atoms with E-state index in [0.29, 0.717) is 11.5 Å². The van der Waals surface area contributed by atoms with Gasteiger partial charge in [-0.1, -0.05) is 37.8 Å². The van der Waals surface area contributed by atoms with Crippen LogP contribution in [0.4, 0.5) is 5.69 Å². The molecule has 1 aromatic carbocycles. The van der Waals surface area contributed by atoms with E-state index in [-0.39, 0.29) is 12.3 Å². The summed E-state index contributed by atoms with van der Waals surface area (Å²) in [5.41, 5.74) is 2.50. The lowest BCUT2D eigenvalue weighted by Gasteiger charge is -2.17. The molecule has 134 valence electrons. The molecule has 2 rings (SSSR count). The summed E-state index contributed by atoms with van der Waals surface area (Å²) in [6, 6.07) is 5.55. The third-order valence-electron chi connectivity index (χ3n) is 4.66. The lowest BCUT2D eigenvalue weighted by atomic mass is 9.93. The highest BCUT2D eigenvalue weighted by Gasteiger charge is 2.19. The molecule has 1 atom stereocenters. The molecule has 7 heteroatoms. The minimum Gasteiger partial charge on any atom is -0.481 e. The van der Waals surface area contributed by atoms with E-state index in [2.05, 4.69) is 5.32 Å².